The van der Waals surface area contributed by atoms with Crippen molar-refractivity contribution in [1.82, 2.24) is 0 Å². The van der Waals surface area contributed by atoms with Crippen molar-refractivity contribution in [3.63, 3.8) is 0 Å². The molecule has 16 heteroatoms. The predicted molar refractivity (Wildman–Crippen MR) is 229 cm³/mol. The fourth-order valence-electron chi connectivity index (χ4n) is 6.44. The number of nitrogens with zero attached hydrogens (tertiary/aromatic N) is 2. The topological polar surface area (TPSA) is 117 Å². The molecule has 3 aromatic carbocycles. The Morgan fingerprint density at radius 1 is 0.933 bits per heavy atom. The molecular weight excluding hydrogens is 819 g/mol. The van der Waals surface area contributed by atoms with Crippen LogP contribution >= 0.6 is 11.6 Å². The highest BCUT2D eigenvalue weighted by atomic mass is 35.5. The van der Waals surface area contributed by atoms with E-state index in [9.17, 15) is 18.0 Å². The second-order valence-corrected chi connectivity index (χ2v) is 23.6. The van der Waals surface area contributed by atoms with Crippen LogP contribution in [0.15, 0.2) is 59.8 Å². The van der Waals surface area contributed by atoms with E-state index in [0.29, 0.717) is 51.3 Å². The normalized spacial score (nSPS) is 15.9. The van der Waals surface area contributed by atoms with Crippen molar-refractivity contribution in [2.75, 3.05) is 37.1 Å². The van der Waals surface area contributed by atoms with Gasteiger partial charge in [-0.05, 0) is 108 Å². The Morgan fingerprint density at radius 2 is 1.62 bits per heavy atom. The van der Waals surface area contributed by atoms with Gasteiger partial charge in [0.05, 0.1) is 25.1 Å². The van der Waals surface area contributed by atoms with Crippen molar-refractivity contribution >= 4 is 48.9 Å². The highest BCUT2D eigenvalue weighted by Gasteiger charge is 2.54. The minimum absolute atomic E-state index is 0.0231. The van der Waals surface area contributed by atoms with Crippen molar-refractivity contribution in [1.29, 1.82) is 0 Å². The summed E-state index contributed by atoms with van der Waals surface area (Å²) >= 11 is 6.53. The van der Waals surface area contributed by atoms with Crippen LogP contribution in [0.25, 0.3) is 0 Å². The average molecular weight is 876 g/mol. The molecule has 1 aliphatic carbocycles. The van der Waals surface area contributed by atoms with Crippen molar-refractivity contribution in [2.24, 2.45) is 5.16 Å². The number of fused-ring (bicyclic) bond motifs is 2. The zero-order chi connectivity index (χ0) is 44.6. The van der Waals surface area contributed by atoms with Crippen LogP contribution in [0.2, 0.25) is 23.2 Å². The largest absolute Gasteiger partial charge is 0.573 e. The maximum atomic E-state index is 15.2. The number of methoxy groups -OCH3 is 1. The lowest BCUT2D eigenvalue weighted by atomic mass is 9.99. The molecule has 1 unspecified atom stereocenters. The second-order valence-electron chi connectivity index (χ2n) is 18.4. The molecule has 1 aliphatic heterocycles. The second kappa shape index (κ2) is 17.1. The van der Waals surface area contributed by atoms with Gasteiger partial charge in [-0.1, -0.05) is 49.7 Å². The third-order valence-electron chi connectivity index (χ3n) is 11.0. The fourth-order valence-corrected chi connectivity index (χ4v) is 7.63. The highest BCUT2D eigenvalue weighted by Crippen LogP contribution is 2.57. The van der Waals surface area contributed by atoms with Gasteiger partial charge in [-0.3, -0.25) is 4.79 Å². The number of carbonyl (C=O) groups excluding carboxylic acids is 2. The first-order valence-corrected chi connectivity index (χ1v) is 23.1. The molecule has 1 atom stereocenters. The van der Waals surface area contributed by atoms with Crippen LogP contribution in [-0.2, 0) is 29.0 Å². The van der Waals surface area contributed by atoms with Gasteiger partial charge in [0.1, 0.15) is 35.5 Å². The van der Waals surface area contributed by atoms with E-state index in [2.05, 4.69) is 49.1 Å². The Bertz CT molecular complexity index is 2110. The van der Waals surface area contributed by atoms with E-state index >= 15 is 4.79 Å². The van der Waals surface area contributed by atoms with Gasteiger partial charge in [-0.2, -0.15) is 0 Å². The molecule has 2 aliphatic rings. The summed E-state index contributed by atoms with van der Waals surface area (Å²) in [5, 5.41) is 8.00. The zero-order valence-corrected chi connectivity index (χ0v) is 38.2. The molecule has 1 heterocycles. The third kappa shape index (κ3) is 11.3. The molecule has 0 aromatic heterocycles. The number of amides is 1. The van der Waals surface area contributed by atoms with Crippen molar-refractivity contribution in [3.8, 4) is 17.2 Å². The SMILES string of the molecule is COc1cc(NC(C(=O)N2CC3(CC3)c3ccc(OC(F)(F)F)cc32)c2ccc(Cl)cc2OCCO[Si](C)(C)C(C)(C)C)cc(/C(C)=N/OC(C)(C)C(=O)OC(C)(C)C)c1. The number of anilines is 2. The minimum atomic E-state index is -4.92. The lowest BCUT2D eigenvalue weighted by Crippen LogP contribution is -2.41. The van der Waals surface area contributed by atoms with Crippen LogP contribution in [-0.4, -0.2) is 70.3 Å². The third-order valence-corrected chi connectivity index (χ3v) is 15.7. The van der Waals surface area contributed by atoms with E-state index in [-0.39, 0.29) is 23.6 Å². The molecule has 11 nitrogen and oxygen atoms in total. The van der Waals surface area contributed by atoms with E-state index in [0.717, 1.165) is 18.4 Å². The molecule has 1 spiro atoms. The first-order valence-electron chi connectivity index (χ1n) is 19.8. The van der Waals surface area contributed by atoms with Crippen LogP contribution in [0.3, 0.4) is 0 Å². The Balaban J connectivity index is 1.54. The lowest BCUT2D eigenvalue weighted by molar-refractivity contribution is -0.274. The first kappa shape index (κ1) is 46.6. The Labute approximate surface area is 356 Å². The molecule has 0 bridgehead atoms. The quantitative estimate of drug-likeness (QED) is 0.0524. The molecule has 328 valence electrons. The number of hydrogen-bond acceptors (Lipinski definition) is 10. The highest BCUT2D eigenvalue weighted by molar-refractivity contribution is 6.74. The summed E-state index contributed by atoms with van der Waals surface area (Å²) in [6, 6.07) is 13.1. The van der Waals surface area contributed by atoms with Gasteiger partial charge in [0.15, 0.2) is 8.32 Å². The molecule has 1 N–H and O–H groups in total. The molecule has 0 radical (unpaired) electrons. The first-order chi connectivity index (χ1) is 27.6. The number of esters is 1. The zero-order valence-electron chi connectivity index (χ0n) is 36.5. The number of ether oxygens (including phenoxy) is 4. The number of alkyl halides is 3. The molecule has 1 amide bonds. The van der Waals surface area contributed by atoms with Gasteiger partial charge in [-0.15, -0.1) is 13.2 Å². The van der Waals surface area contributed by atoms with Crippen molar-refractivity contribution < 1.29 is 51.0 Å². The number of carbonyl (C=O) groups is 2. The summed E-state index contributed by atoms with van der Waals surface area (Å²) in [5.41, 5.74) is 0.370. The number of hydrogen-bond donors (Lipinski definition) is 1. The molecule has 60 heavy (non-hydrogen) atoms. The average Bonchev–Trinajstić information content (AvgIpc) is 3.84. The standard InChI is InChI=1S/C44H57ClF3N3O8Si/c1-27(50-59-42(8,9)39(53)58-40(2,3)4)28-21-30(24-32(22-28)54-10)49-37(33-15-13-29(45)23-36(33)55-19-20-56-60(11,12)41(5,6)7)38(52)51-26-43(17-18-43)34-16-14-31(25-35(34)51)57-44(46,47)48/h13-16,21-25,37,49H,17-20,26H2,1-12H3/b50-27+. The van der Waals surface area contributed by atoms with Crippen LogP contribution in [0, 0.1) is 0 Å². The number of benzene rings is 3. The summed E-state index contributed by atoms with van der Waals surface area (Å²) in [4.78, 5) is 35.2. The predicted octanol–water partition coefficient (Wildman–Crippen LogP) is 10.7. The molecule has 3 aromatic rings. The van der Waals surface area contributed by atoms with Gasteiger partial charge >= 0.3 is 12.3 Å². The van der Waals surface area contributed by atoms with Crippen LogP contribution in [0.1, 0.15) is 97.9 Å². The van der Waals surface area contributed by atoms with Gasteiger partial charge in [-0.25, -0.2) is 4.79 Å². The molecular formula is C44H57ClF3N3O8Si. The van der Waals surface area contributed by atoms with Crippen LogP contribution in [0.5, 0.6) is 17.2 Å². The maximum Gasteiger partial charge on any atom is 0.573 e. The van der Waals surface area contributed by atoms with Gasteiger partial charge in [0.2, 0.25) is 5.60 Å². The molecule has 0 saturated heterocycles. The Morgan fingerprint density at radius 3 is 2.22 bits per heavy atom. The Hall–Kier alpha value is -4.47. The van der Waals surface area contributed by atoms with E-state index in [1.165, 1.54) is 24.1 Å². The number of oxime groups is 1. The lowest BCUT2D eigenvalue weighted by Gasteiger charge is -2.36. The van der Waals surface area contributed by atoms with Gasteiger partial charge < -0.3 is 38.4 Å². The summed E-state index contributed by atoms with van der Waals surface area (Å²) in [6.07, 6.45) is -3.37. The monoisotopic (exact) mass is 875 g/mol. The summed E-state index contributed by atoms with van der Waals surface area (Å²) < 4.78 is 68.3. The smallest absolute Gasteiger partial charge is 0.497 e. The van der Waals surface area contributed by atoms with Crippen molar-refractivity contribution in [2.45, 2.75) is 122 Å². The van der Waals surface area contributed by atoms with Crippen LogP contribution in [0.4, 0.5) is 24.5 Å². The maximum absolute atomic E-state index is 15.2. The number of rotatable bonds is 15. The molecule has 1 fully saturated rings. The van der Waals surface area contributed by atoms with E-state index < -0.39 is 49.5 Å². The summed E-state index contributed by atoms with van der Waals surface area (Å²) in [5.74, 6) is -0.744. The van der Waals surface area contributed by atoms with E-state index in [4.69, 9.17) is 35.1 Å². The molecule has 5 rings (SSSR count). The van der Waals surface area contributed by atoms with E-state index in [1.807, 2.05) is 0 Å². The van der Waals surface area contributed by atoms with Crippen LogP contribution < -0.4 is 24.4 Å². The summed E-state index contributed by atoms with van der Waals surface area (Å²) in [7, 11) is -0.613. The molecule has 1 saturated carbocycles. The minimum Gasteiger partial charge on any atom is -0.497 e. The van der Waals surface area contributed by atoms with Gasteiger partial charge in [0, 0.05) is 45.9 Å². The number of nitrogens with one attached hydrogen (secondary N) is 1. The fraction of sp³-hybridized carbons (Fsp3) is 0.523. The Kier molecular flexibility index (Phi) is 13.3. The number of halogens is 4. The van der Waals surface area contributed by atoms with Gasteiger partial charge in [0.25, 0.3) is 5.91 Å². The van der Waals surface area contributed by atoms with Crippen molar-refractivity contribution in [3.05, 3.63) is 76.3 Å². The van der Waals surface area contributed by atoms with E-state index in [1.54, 1.807) is 84.0 Å². The summed E-state index contributed by atoms with van der Waals surface area (Å²) in [6.45, 7) is 21.5.